The van der Waals surface area contributed by atoms with Gasteiger partial charge < -0.3 is 4.74 Å². The van der Waals surface area contributed by atoms with Gasteiger partial charge >= 0.3 is 5.97 Å². The number of ether oxygens (including phenoxy) is 1. The summed E-state index contributed by atoms with van der Waals surface area (Å²) in [4.78, 5) is 24.5. The summed E-state index contributed by atoms with van der Waals surface area (Å²) in [5.41, 5.74) is 0.0979. The fourth-order valence-corrected chi connectivity index (χ4v) is 3.73. The molecule has 4 rings (SSSR count). The molecular formula is C16H10ClFN4O3S. The number of hydrogen-bond acceptors (Lipinski definition) is 6. The molecule has 10 heteroatoms. The van der Waals surface area contributed by atoms with Gasteiger partial charge in [-0.2, -0.15) is 0 Å². The Balaban J connectivity index is 1.73. The highest BCUT2D eigenvalue weighted by molar-refractivity contribution is 7.17. The molecule has 3 aromatic heterocycles. The molecule has 0 saturated heterocycles. The highest BCUT2D eigenvalue weighted by Crippen LogP contribution is 2.22. The van der Waals surface area contributed by atoms with Gasteiger partial charge in [0, 0.05) is 7.05 Å². The van der Waals surface area contributed by atoms with E-state index in [0.717, 1.165) is 6.07 Å². The van der Waals surface area contributed by atoms with E-state index in [1.54, 1.807) is 22.9 Å². The van der Waals surface area contributed by atoms with E-state index in [-0.39, 0.29) is 22.8 Å². The first-order chi connectivity index (χ1) is 12.5. The number of rotatable bonds is 3. The van der Waals surface area contributed by atoms with Crippen LogP contribution in [0.4, 0.5) is 4.39 Å². The molecule has 0 aliphatic heterocycles. The van der Waals surface area contributed by atoms with Crippen molar-refractivity contribution < 1.29 is 13.9 Å². The molecule has 7 nitrogen and oxygen atoms in total. The monoisotopic (exact) mass is 392 g/mol. The van der Waals surface area contributed by atoms with Crippen LogP contribution >= 0.6 is 22.9 Å². The van der Waals surface area contributed by atoms with Crippen molar-refractivity contribution >= 4 is 44.9 Å². The van der Waals surface area contributed by atoms with Gasteiger partial charge in [0.2, 0.25) is 5.78 Å². The summed E-state index contributed by atoms with van der Waals surface area (Å²) < 4.78 is 22.5. The van der Waals surface area contributed by atoms with E-state index < -0.39 is 11.8 Å². The Hall–Kier alpha value is -2.78. The predicted octanol–water partition coefficient (Wildman–Crippen LogP) is 2.79. The van der Waals surface area contributed by atoms with Crippen LogP contribution in [0.1, 0.15) is 16.2 Å². The van der Waals surface area contributed by atoms with Gasteiger partial charge in [0.25, 0.3) is 5.56 Å². The van der Waals surface area contributed by atoms with Gasteiger partial charge in [-0.05, 0) is 23.6 Å². The molecular weight excluding hydrogens is 383 g/mol. The second-order valence-electron chi connectivity index (χ2n) is 5.42. The number of fused-ring (bicyclic) bond motifs is 3. The van der Waals surface area contributed by atoms with Gasteiger partial charge in [-0.15, -0.1) is 21.5 Å². The molecule has 0 atom stereocenters. The minimum absolute atomic E-state index is 0.0382. The van der Waals surface area contributed by atoms with Gasteiger partial charge in [0.05, 0.1) is 10.5 Å². The van der Waals surface area contributed by atoms with Crippen LogP contribution in [-0.4, -0.2) is 25.1 Å². The first-order valence-electron chi connectivity index (χ1n) is 7.40. The summed E-state index contributed by atoms with van der Waals surface area (Å²) in [7, 11) is 1.58. The van der Waals surface area contributed by atoms with Gasteiger partial charge in [-0.1, -0.05) is 17.7 Å². The minimum Gasteiger partial charge on any atom is -0.454 e. The largest absolute Gasteiger partial charge is 0.454 e. The summed E-state index contributed by atoms with van der Waals surface area (Å²) in [6.45, 7) is -0.256. The van der Waals surface area contributed by atoms with Crippen LogP contribution in [0.25, 0.3) is 16.0 Å². The van der Waals surface area contributed by atoms with E-state index in [1.807, 2.05) is 0 Å². The summed E-state index contributed by atoms with van der Waals surface area (Å²) in [6.07, 6.45) is 0. The van der Waals surface area contributed by atoms with Crippen molar-refractivity contribution in [1.82, 2.24) is 19.2 Å². The molecule has 4 aromatic rings. The number of esters is 1. The molecule has 1 aromatic carbocycles. The highest BCUT2D eigenvalue weighted by atomic mass is 35.5. The van der Waals surface area contributed by atoms with Crippen LogP contribution in [0.2, 0.25) is 5.02 Å². The number of hydrogen-bond donors (Lipinski definition) is 0. The Kier molecular flexibility index (Phi) is 3.97. The number of aromatic nitrogens is 4. The molecule has 0 spiro atoms. The van der Waals surface area contributed by atoms with E-state index >= 15 is 0 Å². The lowest BCUT2D eigenvalue weighted by atomic mass is 10.2. The molecule has 3 heterocycles. The molecule has 0 bridgehead atoms. The maximum absolute atomic E-state index is 13.8. The molecule has 0 fully saturated rings. The predicted molar refractivity (Wildman–Crippen MR) is 94.1 cm³/mol. The SMILES string of the molecule is Cn1c(=O)c2sccc2n2c(COC(=O)c3c(F)cccc3Cl)nnc12. The molecule has 0 saturated carbocycles. The highest BCUT2D eigenvalue weighted by Gasteiger charge is 2.20. The number of nitrogens with zero attached hydrogens (tertiary/aromatic N) is 4. The number of aryl methyl sites for hydroxylation is 1. The number of carbonyl (C=O) groups is 1. The lowest BCUT2D eigenvalue weighted by molar-refractivity contribution is 0.0456. The Labute approximate surface area is 154 Å². The summed E-state index contributed by atoms with van der Waals surface area (Å²) in [6, 6.07) is 5.68. The smallest absolute Gasteiger partial charge is 0.343 e. The van der Waals surface area contributed by atoms with Crippen molar-refractivity contribution in [3.05, 3.63) is 62.2 Å². The van der Waals surface area contributed by atoms with Crippen molar-refractivity contribution in [3.63, 3.8) is 0 Å². The van der Waals surface area contributed by atoms with Gasteiger partial charge in [-0.3, -0.25) is 13.8 Å². The number of carbonyl (C=O) groups excluding carboxylic acids is 1. The molecule has 0 amide bonds. The van der Waals surface area contributed by atoms with Crippen LogP contribution in [0.3, 0.4) is 0 Å². The van der Waals surface area contributed by atoms with Crippen molar-refractivity contribution in [2.45, 2.75) is 6.61 Å². The van der Waals surface area contributed by atoms with Gasteiger partial charge in [-0.25, -0.2) is 9.18 Å². The molecule has 26 heavy (non-hydrogen) atoms. The van der Waals surface area contributed by atoms with Crippen molar-refractivity contribution in [1.29, 1.82) is 0 Å². The molecule has 0 unspecified atom stereocenters. The quantitative estimate of drug-likeness (QED) is 0.501. The van der Waals surface area contributed by atoms with E-state index in [1.165, 1.54) is 28.0 Å². The van der Waals surface area contributed by atoms with Crippen molar-refractivity contribution in [3.8, 4) is 0 Å². The van der Waals surface area contributed by atoms with Crippen LogP contribution in [0.5, 0.6) is 0 Å². The first kappa shape index (κ1) is 16.7. The standard InChI is InChI=1S/C16H10ClFN4O3S/c1-21-14(23)13-10(5-6-26-13)22-11(19-20-16(21)22)7-25-15(24)12-8(17)3-2-4-9(12)18/h2-6H,7H2,1H3. The Morgan fingerprint density at radius 2 is 2.15 bits per heavy atom. The van der Waals surface area contributed by atoms with Gasteiger partial charge in [0.1, 0.15) is 16.1 Å². The second kappa shape index (κ2) is 6.19. The summed E-state index contributed by atoms with van der Waals surface area (Å²) in [5, 5.41) is 9.72. The molecule has 0 aliphatic rings. The zero-order valence-electron chi connectivity index (χ0n) is 13.3. The third-order valence-corrected chi connectivity index (χ3v) is 5.10. The molecule has 0 N–H and O–H groups in total. The third kappa shape index (κ3) is 2.47. The first-order valence-corrected chi connectivity index (χ1v) is 8.66. The van der Waals surface area contributed by atoms with Gasteiger partial charge in [0.15, 0.2) is 12.4 Å². The Morgan fingerprint density at radius 1 is 1.35 bits per heavy atom. The average Bonchev–Trinajstić information content (AvgIpc) is 3.24. The van der Waals surface area contributed by atoms with Crippen molar-refractivity contribution in [2.24, 2.45) is 7.05 Å². The van der Waals surface area contributed by atoms with Crippen LogP contribution < -0.4 is 5.56 Å². The summed E-state index contributed by atoms with van der Waals surface area (Å²) >= 11 is 7.17. The maximum atomic E-state index is 13.8. The second-order valence-corrected chi connectivity index (χ2v) is 6.75. The molecule has 0 aliphatic carbocycles. The van der Waals surface area contributed by atoms with Crippen LogP contribution in [0.15, 0.2) is 34.4 Å². The number of halogens is 2. The number of benzene rings is 1. The topological polar surface area (TPSA) is 78.5 Å². The third-order valence-electron chi connectivity index (χ3n) is 3.90. The maximum Gasteiger partial charge on any atom is 0.343 e. The van der Waals surface area contributed by atoms with Crippen LogP contribution in [-0.2, 0) is 18.4 Å². The normalized spacial score (nSPS) is 11.3. The lowest BCUT2D eigenvalue weighted by Crippen LogP contribution is -2.19. The Morgan fingerprint density at radius 3 is 2.92 bits per heavy atom. The van der Waals surface area contributed by atoms with E-state index in [4.69, 9.17) is 16.3 Å². The Bertz CT molecular complexity index is 1210. The van der Waals surface area contributed by atoms with E-state index in [0.29, 0.717) is 21.8 Å². The lowest BCUT2D eigenvalue weighted by Gasteiger charge is -2.07. The average molecular weight is 393 g/mol. The molecule has 132 valence electrons. The zero-order chi connectivity index (χ0) is 18.4. The van der Waals surface area contributed by atoms with Crippen LogP contribution in [0, 0.1) is 5.82 Å². The summed E-state index contributed by atoms with van der Waals surface area (Å²) in [5.74, 6) is -1.05. The van der Waals surface area contributed by atoms with E-state index in [9.17, 15) is 14.0 Å². The zero-order valence-corrected chi connectivity index (χ0v) is 14.8. The minimum atomic E-state index is -0.906. The van der Waals surface area contributed by atoms with Crippen molar-refractivity contribution in [2.75, 3.05) is 0 Å². The number of thiophene rings is 1. The van der Waals surface area contributed by atoms with E-state index in [2.05, 4.69) is 10.2 Å². The fraction of sp³-hybridized carbons (Fsp3) is 0.125. The fourth-order valence-electron chi connectivity index (χ4n) is 2.64. The molecule has 0 radical (unpaired) electrons.